The van der Waals surface area contributed by atoms with Gasteiger partial charge in [-0.15, -0.1) is 11.3 Å². The molecule has 1 aromatic heterocycles. The van der Waals surface area contributed by atoms with Gasteiger partial charge in [-0.1, -0.05) is 28.1 Å². The fourth-order valence-corrected chi connectivity index (χ4v) is 2.52. The highest BCUT2D eigenvalue weighted by molar-refractivity contribution is 9.08. The third-order valence-corrected chi connectivity index (χ3v) is 3.86. The minimum atomic E-state index is -0.199. The summed E-state index contributed by atoms with van der Waals surface area (Å²) < 4.78 is 0. The molecule has 0 aliphatic rings. The number of nitrogens with one attached hydrogen (secondary N) is 1. The Morgan fingerprint density at radius 3 is 2.67 bits per heavy atom. The maximum Gasteiger partial charge on any atom is 0.256 e. The van der Waals surface area contributed by atoms with Crippen molar-refractivity contribution in [2.75, 3.05) is 5.32 Å². The van der Waals surface area contributed by atoms with Gasteiger partial charge >= 0.3 is 0 Å². The van der Waals surface area contributed by atoms with Gasteiger partial charge in [0.2, 0.25) is 0 Å². The highest BCUT2D eigenvalue weighted by Gasteiger charge is 2.09. The molecule has 1 aromatic carbocycles. The summed E-state index contributed by atoms with van der Waals surface area (Å²) in [7, 11) is 0. The Morgan fingerprint density at radius 2 is 2.06 bits per heavy atom. The summed E-state index contributed by atoms with van der Waals surface area (Å²) in [4.78, 5) is 12.0. The summed E-state index contributed by atoms with van der Waals surface area (Å²) in [5, 5.41) is 14.7. The Labute approximate surface area is 117 Å². The zero-order valence-electron chi connectivity index (χ0n) is 9.31. The van der Waals surface area contributed by atoms with Crippen molar-refractivity contribution in [3.63, 3.8) is 0 Å². The van der Waals surface area contributed by atoms with E-state index in [1.54, 1.807) is 23.6 Å². The van der Waals surface area contributed by atoms with Crippen LogP contribution in [0.5, 0.6) is 0 Å². The van der Waals surface area contributed by atoms with E-state index in [0.29, 0.717) is 16.1 Å². The van der Waals surface area contributed by atoms with Crippen LogP contribution in [0.15, 0.2) is 35.7 Å². The molecule has 1 N–H and O–H groups in total. The number of nitriles is 1. The van der Waals surface area contributed by atoms with Crippen LogP contribution in [-0.2, 0) is 5.33 Å². The van der Waals surface area contributed by atoms with Crippen molar-refractivity contribution in [2.24, 2.45) is 0 Å². The number of amides is 1. The summed E-state index contributed by atoms with van der Waals surface area (Å²) in [6.45, 7) is 0. The van der Waals surface area contributed by atoms with Gasteiger partial charge < -0.3 is 5.32 Å². The van der Waals surface area contributed by atoms with Crippen molar-refractivity contribution in [1.82, 2.24) is 0 Å². The molecule has 1 amide bonds. The van der Waals surface area contributed by atoms with Gasteiger partial charge in [-0.05, 0) is 29.1 Å². The van der Waals surface area contributed by atoms with Gasteiger partial charge in [0.1, 0.15) is 11.1 Å². The second-order valence-electron chi connectivity index (χ2n) is 3.56. The predicted octanol–water partition coefficient (Wildman–Crippen LogP) is 3.77. The van der Waals surface area contributed by atoms with E-state index in [2.05, 4.69) is 21.2 Å². The quantitative estimate of drug-likeness (QED) is 0.875. The van der Waals surface area contributed by atoms with E-state index in [-0.39, 0.29) is 5.91 Å². The van der Waals surface area contributed by atoms with Crippen molar-refractivity contribution in [3.8, 4) is 6.07 Å². The summed E-state index contributed by atoms with van der Waals surface area (Å²) >= 11 is 4.69. The average Bonchev–Trinajstić information content (AvgIpc) is 2.86. The maximum atomic E-state index is 12.0. The Hall–Kier alpha value is -1.64. The molecular formula is C13H9BrN2OS. The van der Waals surface area contributed by atoms with Crippen molar-refractivity contribution in [3.05, 3.63) is 52.4 Å². The standard InChI is InChI=1S/C13H9BrN2OS/c14-7-9-1-3-10(4-2-9)12(17)16-13-11(8-15)5-6-18-13/h1-6H,7H2,(H,16,17). The average molecular weight is 321 g/mol. The highest BCUT2D eigenvalue weighted by Crippen LogP contribution is 2.22. The molecule has 0 spiro atoms. The summed E-state index contributed by atoms with van der Waals surface area (Å²) in [5.41, 5.74) is 2.18. The lowest BCUT2D eigenvalue weighted by Gasteiger charge is -2.04. The van der Waals surface area contributed by atoms with Crippen LogP contribution < -0.4 is 5.32 Å². The number of nitrogens with zero attached hydrogens (tertiary/aromatic N) is 1. The van der Waals surface area contributed by atoms with Crippen LogP contribution >= 0.6 is 27.3 Å². The Morgan fingerprint density at radius 1 is 1.33 bits per heavy atom. The Bertz CT molecular complexity index is 598. The Kier molecular flexibility index (Phi) is 4.13. The number of rotatable bonds is 3. The largest absolute Gasteiger partial charge is 0.312 e. The van der Waals surface area contributed by atoms with Gasteiger partial charge in [-0.25, -0.2) is 0 Å². The molecule has 0 radical (unpaired) electrons. The van der Waals surface area contributed by atoms with Crippen molar-refractivity contribution in [1.29, 1.82) is 5.26 Å². The van der Waals surface area contributed by atoms with Crippen LogP contribution in [0.3, 0.4) is 0 Å². The van der Waals surface area contributed by atoms with Crippen LogP contribution in [0, 0.1) is 11.3 Å². The first kappa shape index (κ1) is 12.8. The zero-order valence-corrected chi connectivity index (χ0v) is 11.7. The maximum absolute atomic E-state index is 12.0. The van der Waals surface area contributed by atoms with Crippen LogP contribution in [0.25, 0.3) is 0 Å². The molecule has 2 rings (SSSR count). The lowest BCUT2D eigenvalue weighted by atomic mass is 10.1. The number of halogens is 1. The molecule has 0 atom stereocenters. The lowest BCUT2D eigenvalue weighted by molar-refractivity contribution is 0.102. The number of carbonyl (C=O) groups excluding carboxylic acids is 1. The van der Waals surface area contributed by atoms with Crippen molar-refractivity contribution < 1.29 is 4.79 Å². The first-order valence-electron chi connectivity index (χ1n) is 5.18. The number of carbonyl (C=O) groups is 1. The number of anilines is 1. The molecule has 0 aliphatic carbocycles. The van der Waals surface area contributed by atoms with E-state index in [9.17, 15) is 4.79 Å². The van der Waals surface area contributed by atoms with Crippen LogP contribution in [0.1, 0.15) is 21.5 Å². The predicted molar refractivity (Wildman–Crippen MR) is 76.1 cm³/mol. The summed E-state index contributed by atoms with van der Waals surface area (Å²) in [6, 6.07) is 11.1. The van der Waals surface area contributed by atoms with Crippen LogP contribution in [0.2, 0.25) is 0 Å². The second kappa shape index (κ2) is 5.80. The molecule has 0 bridgehead atoms. The first-order chi connectivity index (χ1) is 8.74. The SMILES string of the molecule is N#Cc1ccsc1NC(=O)c1ccc(CBr)cc1. The number of hydrogen-bond donors (Lipinski definition) is 1. The van der Waals surface area contributed by atoms with Crippen LogP contribution in [0.4, 0.5) is 5.00 Å². The zero-order chi connectivity index (χ0) is 13.0. The van der Waals surface area contributed by atoms with E-state index in [0.717, 1.165) is 10.9 Å². The van der Waals surface area contributed by atoms with Crippen molar-refractivity contribution in [2.45, 2.75) is 5.33 Å². The molecule has 2 aromatic rings. The van der Waals surface area contributed by atoms with Gasteiger partial charge in [0.25, 0.3) is 5.91 Å². The minimum Gasteiger partial charge on any atom is -0.312 e. The van der Waals surface area contributed by atoms with E-state index in [4.69, 9.17) is 5.26 Å². The molecule has 18 heavy (non-hydrogen) atoms. The number of alkyl halides is 1. The molecule has 5 heteroatoms. The fraction of sp³-hybridized carbons (Fsp3) is 0.0769. The smallest absolute Gasteiger partial charge is 0.256 e. The molecular weight excluding hydrogens is 312 g/mol. The topological polar surface area (TPSA) is 52.9 Å². The lowest BCUT2D eigenvalue weighted by Crippen LogP contribution is -2.11. The first-order valence-corrected chi connectivity index (χ1v) is 7.18. The van der Waals surface area contributed by atoms with Gasteiger partial charge in [-0.2, -0.15) is 5.26 Å². The highest BCUT2D eigenvalue weighted by atomic mass is 79.9. The second-order valence-corrected chi connectivity index (χ2v) is 5.04. The van der Waals surface area contributed by atoms with Gasteiger partial charge in [0, 0.05) is 10.9 Å². The van der Waals surface area contributed by atoms with E-state index in [1.807, 2.05) is 18.2 Å². The monoisotopic (exact) mass is 320 g/mol. The third kappa shape index (κ3) is 2.78. The summed E-state index contributed by atoms with van der Waals surface area (Å²) in [5.74, 6) is -0.199. The molecule has 3 nitrogen and oxygen atoms in total. The third-order valence-electron chi connectivity index (χ3n) is 2.38. The number of hydrogen-bond acceptors (Lipinski definition) is 3. The van der Waals surface area contributed by atoms with E-state index >= 15 is 0 Å². The fourth-order valence-electron chi connectivity index (χ4n) is 1.41. The molecule has 0 saturated heterocycles. The van der Waals surface area contributed by atoms with E-state index < -0.39 is 0 Å². The Balaban J connectivity index is 2.15. The molecule has 0 saturated carbocycles. The summed E-state index contributed by atoms with van der Waals surface area (Å²) in [6.07, 6.45) is 0. The molecule has 0 unspecified atom stereocenters. The molecule has 0 fully saturated rings. The van der Waals surface area contributed by atoms with Crippen LogP contribution in [-0.4, -0.2) is 5.91 Å². The molecule has 1 heterocycles. The molecule has 0 aliphatic heterocycles. The number of thiophene rings is 1. The molecule has 90 valence electrons. The van der Waals surface area contributed by atoms with Gasteiger partial charge in [-0.3, -0.25) is 4.79 Å². The van der Waals surface area contributed by atoms with Crippen molar-refractivity contribution >= 4 is 38.2 Å². The van der Waals surface area contributed by atoms with Gasteiger partial charge in [0.05, 0.1) is 5.56 Å². The normalized spacial score (nSPS) is 9.78. The number of benzene rings is 1. The van der Waals surface area contributed by atoms with E-state index in [1.165, 1.54) is 11.3 Å². The van der Waals surface area contributed by atoms with Gasteiger partial charge in [0.15, 0.2) is 0 Å². The minimum absolute atomic E-state index is 0.199.